The fraction of sp³-hybridized carbons (Fsp3) is 0.714. The molecule has 0 unspecified atom stereocenters. The van der Waals surface area contributed by atoms with E-state index < -0.39 is 10.0 Å². The van der Waals surface area contributed by atoms with Crippen molar-refractivity contribution < 1.29 is 8.42 Å². The molecular weight excluding hydrogens is 274 g/mol. The van der Waals surface area contributed by atoms with Crippen molar-refractivity contribution in [2.24, 2.45) is 13.0 Å². The van der Waals surface area contributed by atoms with Crippen LogP contribution in [0.2, 0.25) is 0 Å². The molecule has 0 amide bonds. The standard InChI is InChI=1S/C14H25N3O2S/c1-4-5-15-9-13-8-14(10-17(13)3)20(18,19)16-12-6-11(2)7-12/h8,10-12,15-16H,4-7,9H2,1-3H3. The van der Waals surface area contributed by atoms with Crippen LogP contribution >= 0.6 is 0 Å². The molecule has 0 radical (unpaired) electrons. The molecular formula is C14H25N3O2S. The summed E-state index contributed by atoms with van der Waals surface area (Å²) in [4.78, 5) is 0.368. The van der Waals surface area contributed by atoms with E-state index in [4.69, 9.17) is 0 Å². The molecule has 1 aliphatic rings. The van der Waals surface area contributed by atoms with Gasteiger partial charge >= 0.3 is 0 Å². The van der Waals surface area contributed by atoms with E-state index in [0.717, 1.165) is 31.5 Å². The average molecular weight is 299 g/mol. The maximum absolute atomic E-state index is 12.3. The minimum atomic E-state index is -3.37. The Kier molecular flexibility index (Phi) is 4.88. The number of nitrogens with one attached hydrogen (secondary N) is 2. The van der Waals surface area contributed by atoms with Crippen molar-refractivity contribution in [3.8, 4) is 0 Å². The van der Waals surface area contributed by atoms with E-state index in [2.05, 4.69) is 23.9 Å². The quantitative estimate of drug-likeness (QED) is 0.752. The molecule has 5 nitrogen and oxygen atoms in total. The summed E-state index contributed by atoms with van der Waals surface area (Å²) in [5.41, 5.74) is 0.987. The molecule has 20 heavy (non-hydrogen) atoms. The van der Waals surface area contributed by atoms with Gasteiger partial charge in [0.1, 0.15) is 0 Å². The van der Waals surface area contributed by atoms with Gasteiger partial charge in [0.25, 0.3) is 0 Å². The Morgan fingerprint density at radius 2 is 2.10 bits per heavy atom. The van der Waals surface area contributed by atoms with Crippen molar-refractivity contribution in [1.29, 1.82) is 0 Å². The third-order valence-corrected chi connectivity index (χ3v) is 5.31. The third kappa shape index (κ3) is 3.62. The molecule has 1 fully saturated rings. The summed E-state index contributed by atoms with van der Waals surface area (Å²) < 4.78 is 29.2. The molecule has 6 heteroatoms. The van der Waals surface area contributed by atoms with E-state index in [1.807, 2.05) is 11.6 Å². The second-order valence-corrected chi connectivity index (χ2v) is 7.56. The number of nitrogens with zero attached hydrogens (tertiary/aromatic N) is 1. The molecule has 0 spiro atoms. The summed E-state index contributed by atoms with van der Waals surface area (Å²) in [7, 11) is -1.49. The Balaban J connectivity index is 2.02. The molecule has 0 aromatic carbocycles. The van der Waals surface area contributed by atoms with Crippen LogP contribution in [0.1, 0.15) is 38.8 Å². The van der Waals surface area contributed by atoms with Gasteiger partial charge in [-0.25, -0.2) is 13.1 Å². The lowest BCUT2D eigenvalue weighted by Gasteiger charge is -2.32. The predicted octanol–water partition coefficient (Wildman–Crippen LogP) is 1.60. The summed E-state index contributed by atoms with van der Waals surface area (Å²) in [6.07, 6.45) is 4.64. The van der Waals surface area contributed by atoms with Gasteiger partial charge in [-0.2, -0.15) is 0 Å². The van der Waals surface area contributed by atoms with Crippen LogP contribution < -0.4 is 10.0 Å². The van der Waals surface area contributed by atoms with Gasteiger partial charge in [-0.15, -0.1) is 0 Å². The molecule has 1 aromatic heterocycles. The van der Waals surface area contributed by atoms with Crippen molar-refractivity contribution in [2.75, 3.05) is 6.54 Å². The van der Waals surface area contributed by atoms with E-state index in [-0.39, 0.29) is 6.04 Å². The van der Waals surface area contributed by atoms with Crippen molar-refractivity contribution in [3.05, 3.63) is 18.0 Å². The van der Waals surface area contributed by atoms with Crippen LogP contribution in [0.5, 0.6) is 0 Å². The molecule has 1 aromatic rings. The fourth-order valence-electron chi connectivity index (χ4n) is 2.58. The van der Waals surface area contributed by atoms with Gasteiger partial charge in [0.15, 0.2) is 0 Å². The SMILES string of the molecule is CCCNCc1cc(S(=O)(=O)NC2CC(C)C2)cn1C. The zero-order chi connectivity index (χ0) is 14.8. The number of hydrogen-bond donors (Lipinski definition) is 2. The second-order valence-electron chi connectivity index (χ2n) is 5.85. The summed E-state index contributed by atoms with van der Waals surface area (Å²) in [6.45, 7) is 5.88. The van der Waals surface area contributed by atoms with Gasteiger partial charge in [-0.05, 0) is 37.8 Å². The number of hydrogen-bond acceptors (Lipinski definition) is 3. The normalized spacial score (nSPS) is 22.8. The van der Waals surface area contributed by atoms with Gasteiger partial charge in [0.2, 0.25) is 10.0 Å². The summed E-state index contributed by atoms with van der Waals surface area (Å²) >= 11 is 0. The minimum absolute atomic E-state index is 0.108. The molecule has 1 saturated carbocycles. The fourth-order valence-corrected chi connectivity index (χ4v) is 3.93. The molecule has 0 bridgehead atoms. The Morgan fingerprint density at radius 3 is 2.70 bits per heavy atom. The molecule has 0 atom stereocenters. The highest BCUT2D eigenvalue weighted by molar-refractivity contribution is 7.89. The smallest absolute Gasteiger partial charge is 0.242 e. The van der Waals surface area contributed by atoms with Gasteiger partial charge in [0, 0.05) is 31.5 Å². The molecule has 114 valence electrons. The second kappa shape index (κ2) is 6.28. The van der Waals surface area contributed by atoms with Gasteiger partial charge in [-0.3, -0.25) is 0 Å². The lowest BCUT2D eigenvalue weighted by molar-refractivity contribution is 0.270. The summed E-state index contributed by atoms with van der Waals surface area (Å²) in [5, 5.41) is 3.29. The number of sulfonamides is 1. The van der Waals surface area contributed by atoms with Crippen molar-refractivity contribution in [3.63, 3.8) is 0 Å². The van der Waals surface area contributed by atoms with E-state index in [1.54, 1.807) is 12.3 Å². The average Bonchev–Trinajstić information content (AvgIpc) is 2.70. The Hall–Kier alpha value is -0.850. The molecule has 1 heterocycles. The Bertz CT molecular complexity index is 545. The third-order valence-electron chi connectivity index (χ3n) is 3.82. The highest BCUT2D eigenvalue weighted by Gasteiger charge is 2.30. The van der Waals surface area contributed by atoms with Gasteiger partial charge in [0.05, 0.1) is 4.90 Å². The molecule has 2 N–H and O–H groups in total. The first kappa shape index (κ1) is 15.5. The predicted molar refractivity (Wildman–Crippen MR) is 79.9 cm³/mol. The van der Waals surface area contributed by atoms with Gasteiger partial charge in [-0.1, -0.05) is 13.8 Å². The first-order valence-electron chi connectivity index (χ1n) is 7.30. The van der Waals surface area contributed by atoms with Crippen LogP contribution in [0.15, 0.2) is 17.2 Å². The lowest BCUT2D eigenvalue weighted by Crippen LogP contribution is -2.43. The van der Waals surface area contributed by atoms with E-state index in [9.17, 15) is 8.42 Å². The number of rotatable bonds is 7. The van der Waals surface area contributed by atoms with Crippen LogP contribution in [-0.2, 0) is 23.6 Å². The van der Waals surface area contributed by atoms with Crippen molar-refractivity contribution in [1.82, 2.24) is 14.6 Å². The highest BCUT2D eigenvalue weighted by Crippen LogP contribution is 2.28. The van der Waals surface area contributed by atoms with Crippen LogP contribution in [0, 0.1) is 5.92 Å². The Labute approximate surface area is 121 Å². The number of aromatic nitrogens is 1. The molecule has 1 aliphatic carbocycles. The lowest BCUT2D eigenvalue weighted by atomic mass is 9.83. The zero-order valence-corrected chi connectivity index (χ0v) is 13.3. The summed E-state index contributed by atoms with van der Waals surface area (Å²) in [6, 6.07) is 1.87. The maximum atomic E-state index is 12.3. The van der Waals surface area contributed by atoms with E-state index >= 15 is 0 Å². The number of aryl methyl sites for hydroxylation is 1. The highest BCUT2D eigenvalue weighted by atomic mass is 32.2. The van der Waals surface area contributed by atoms with E-state index in [0.29, 0.717) is 17.4 Å². The van der Waals surface area contributed by atoms with Crippen LogP contribution in [0.25, 0.3) is 0 Å². The van der Waals surface area contributed by atoms with Crippen LogP contribution in [-0.4, -0.2) is 25.6 Å². The van der Waals surface area contributed by atoms with Crippen molar-refractivity contribution in [2.45, 2.75) is 50.6 Å². The Morgan fingerprint density at radius 1 is 1.40 bits per heavy atom. The molecule has 0 saturated heterocycles. The minimum Gasteiger partial charge on any atom is -0.352 e. The topological polar surface area (TPSA) is 63.1 Å². The summed E-state index contributed by atoms with van der Waals surface area (Å²) in [5.74, 6) is 0.632. The molecule has 0 aliphatic heterocycles. The molecule has 2 rings (SSSR count). The van der Waals surface area contributed by atoms with E-state index in [1.165, 1.54) is 0 Å². The first-order chi connectivity index (χ1) is 9.42. The monoisotopic (exact) mass is 299 g/mol. The van der Waals surface area contributed by atoms with Crippen molar-refractivity contribution >= 4 is 10.0 Å². The van der Waals surface area contributed by atoms with Crippen LogP contribution in [0.3, 0.4) is 0 Å². The largest absolute Gasteiger partial charge is 0.352 e. The first-order valence-corrected chi connectivity index (χ1v) is 8.79. The zero-order valence-electron chi connectivity index (χ0n) is 12.5. The van der Waals surface area contributed by atoms with Gasteiger partial charge < -0.3 is 9.88 Å². The van der Waals surface area contributed by atoms with Crippen LogP contribution in [0.4, 0.5) is 0 Å². The maximum Gasteiger partial charge on any atom is 0.242 e.